The van der Waals surface area contributed by atoms with Crippen molar-refractivity contribution < 1.29 is 4.74 Å². The number of hydrogen-bond donors (Lipinski definition) is 0. The number of aryl methyl sites for hydroxylation is 2. The maximum Gasteiger partial charge on any atom is 0.122 e. The minimum atomic E-state index is 0.641. The standard InChI is InChI=1S/C16H20ClNO/c1-3-14-12-15(18-8-4-5-9-18)13(2)11-16(14)19-10-6-7-17/h4-5,8-9,11-12H,3,6-7,10H2,1-2H3. The highest BCUT2D eigenvalue weighted by atomic mass is 35.5. The summed E-state index contributed by atoms with van der Waals surface area (Å²) >= 11 is 5.68. The average Bonchev–Trinajstić information content (AvgIpc) is 2.93. The van der Waals surface area contributed by atoms with Crippen molar-refractivity contribution in [3.8, 4) is 11.4 Å². The molecule has 0 aliphatic rings. The van der Waals surface area contributed by atoms with Crippen molar-refractivity contribution >= 4 is 11.6 Å². The summed E-state index contributed by atoms with van der Waals surface area (Å²) in [6.45, 7) is 4.94. The molecule has 0 aliphatic carbocycles. The summed E-state index contributed by atoms with van der Waals surface area (Å²) in [6.07, 6.45) is 5.97. The summed E-state index contributed by atoms with van der Waals surface area (Å²) in [6, 6.07) is 8.42. The molecule has 0 fully saturated rings. The second-order valence-corrected chi connectivity index (χ2v) is 4.96. The number of aromatic nitrogens is 1. The zero-order chi connectivity index (χ0) is 13.7. The Morgan fingerprint density at radius 2 is 1.95 bits per heavy atom. The summed E-state index contributed by atoms with van der Waals surface area (Å²) in [5.74, 6) is 1.63. The molecular formula is C16H20ClNO. The van der Waals surface area contributed by atoms with E-state index in [0.717, 1.165) is 18.6 Å². The van der Waals surface area contributed by atoms with Crippen molar-refractivity contribution in [2.45, 2.75) is 26.7 Å². The SMILES string of the molecule is CCc1cc(-n2cccc2)c(C)cc1OCCCCl. The summed E-state index contributed by atoms with van der Waals surface area (Å²) in [7, 11) is 0. The smallest absolute Gasteiger partial charge is 0.122 e. The van der Waals surface area contributed by atoms with Gasteiger partial charge < -0.3 is 9.30 Å². The Kier molecular flexibility index (Phi) is 4.92. The number of halogens is 1. The first-order valence-corrected chi connectivity index (χ1v) is 7.25. The summed E-state index contributed by atoms with van der Waals surface area (Å²) in [4.78, 5) is 0. The zero-order valence-electron chi connectivity index (χ0n) is 11.5. The van der Waals surface area contributed by atoms with E-state index in [9.17, 15) is 0 Å². The van der Waals surface area contributed by atoms with Crippen LogP contribution in [0.25, 0.3) is 5.69 Å². The van der Waals surface area contributed by atoms with Crippen molar-refractivity contribution in [1.29, 1.82) is 0 Å². The maximum absolute atomic E-state index is 5.83. The first-order valence-electron chi connectivity index (χ1n) is 6.72. The molecule has 1 heterocycles. The van der Waals surface area contributed by atoms with Crippen molar-refractivity contribution in [3.05, 3.63) is 47.8 Å². The molecule has 19 heavy (non-hydrogen) atoms. The number of benzene rings is 1. The second-order valence-electron chi connectivity index (χ2n) is 4.58. The third-order valence-electron chi connectivity index (χ3n) is 3.18. The molecule has 2 rings (SSSR count). The molecule has 0 bridgehead atoms. The van der Waals surface area contributed by atoms with Crippen LogP contribution in [-0.4, -0.2) is 17.1 Å². The minimum absolute atomic E-state index is 0.641. The fourth-order valence-electron chi connectivity index (χ4n) is 2.13. The fourth-order valence-corrected chi connectivity index (χ4v) is 2.24. The lowest BCUT2D eigenvalue weighted by atomic mass is 10.1. The summed E-state index contributed by atoms with van der Waals surface area (Å²) in [5.41, 5.74) is 3.67. The van der Waals surface area contributed by atoms with Gasteiger partial charge in [-0.05, 0) is 55.2 Å². The number of ether oxygens (including phenoxy) is 1. The van der Waals surface area contributed by atoms with Gasteiger partial charge in [-0.15, -0.1) is 11.6 Å². The van der Waals surface area contributed by atoms with Crippen LogP contribution in [0.1, 0.15) is 24.5 Å². The molecular weight excluding hydrogens is 258 g/mol. The Labute approximate surface area is 120 Å². The number of nitrogens with zero attached hydrogens (tertiary/aromatic N) is 1. The van der Waals surface area contributed by atoms with Crippen LogP contribution in [-0.2, 0) is 6.42 Å². The van der Waals surface area contributed by atoms with Crippen LogP contribution < -0.4 is 4.74 Å². The lowest BCUT2D eigenvalue weighted by Gasteiger charge is -2.15. The van der Waals surface area contributed by atoms with Crippen molar-refractivity contribution in [2.24, 2.45) is 0 Å². The minimum Gasteiger partial charge on any atom is -0.493 e. The third-order valence-corrected chi connectivity index (χ3v) is 3.45. The largest absolute Gasteiger partial charge is 0.493 e. The van der Waals surface area contributed by atoms with Crippen molar-refractivity contribution in [3.63, 3.8) is 0 Å². The molecule has 102 valence electrons. The highest BCUT2D eigenvalue weighted by molar-refractivity contribution is 6.17. The molecule has 0 aliphatic heterocycles. The Hall–Kier alpha value is -1.41. The van der Waals surface area contributed by atoms with Gasteiger partial charge in [-0.1, -0.05) is 6.92 Å². The molecule has 0 amide bonds. The number of alkyl halides is 1. The molecule has 0 saturated carbocycles. The van der Waals surface area contributed by atoms with Crippen LogP contribution in [0.3, 0.4) is 0 Å². The van der Waals surface area contributed by atoms with Crippen molar-refractivity contribution in [1.82, 2.24) is 4.57 Å². The highest BCUT2D eigenvalue weighted by Gasteiger charge is 2.08. The lowest BCUT2D eigenvalue weighted by molar-refractivity contribution is 0.315. The third kappa shape index (κ3) is 3.32. The van der Waals surface area contributed by atoms with Gasteiger partial charge in [-0.25, -0.2) is 0 Å². The topological polar surface area (TPSA) is 14.2 Å². The fraction of sp³-hybridized carbons (Fsp3) is 0.375. The van der Waals surface area contributed by atoms with Crippen LogP contribution in [0, 0.1) is 6.92 Å². The molecule has 0 saturated heterocycles. The average molecular weight is 278 g/mol. The zero-order valence-corrected chi connectivity index (χ0v) is 12.3. The van der Waals surface area contributed by atoms with Crippen LogP contribution >= 0.6 is 11.6 Å². The van der Waals surface area contributed by atoms with Gasteiger partial charge in [-0.2, -0.15) is 0 Å². The molecule has 2 nitrogen and oxygen atoms in total. The van der Waals surface area contributed by atoms with Gasteiger partial charge in [0.1, 0.15) is 5.75 Å². The number of hydrogen-bond acceptors (Lipinski definition) is 1. The Morgan fingerprint density at radius 1 is 1.21 bits per heavy atom. The lowest BCUT2D eigenvalue weighted by Crippen LogP contribution is -2.03. The van der Waals surface area contributed by atoms with E-state index in [4.69, 9.17) is 16.3 Å². The van der Waals surface area contributed by atoms with E-state index in [2.05, 4.69) is 42.9 Å². The Bertz CT molecular complexity index is 520. The van der Waals surface area contributed by atoms with Gasteiger partial charge in [-0.3, -0.25) is 0 Å². The molecule has 0 spiro atoms. The Morgan fingerprint density at radius 3 is 2.58 bits per heavy atom. The van der Waals surface area contributed by atoms with E-state index in [1.54, 1.807) is 0 Å². The Balaban J connectivity index is 2.29. The molecule has 1 aromatic carbocycles. The molecule has 0 atom stereocenters. The first-order chi connectivity index (χ1) is 9.26. The van der Waals surface area contributed by atoms with E-state index in [1.165, 1.54) is 16.8 Å². The molecule has 0 N–H and O–H groups in total. The van der Waals surface area contributed by atoms with Crippen LogP contribution in [0.4, 0.5) is 0 Å². The number of rotatable bonds is 6. The highest BCUT2D eigenvalue weighted by Crippen LogP contribution is 2.26. The summed E-state index contributed by atoms with van der Waals surface area (Å²) in [5, 5.41) is 0. The molecule has 3 heteroatoms. The molecule has 0 radical (unpaired) electrons. The monoisotopic (exact) mass is 277 g/mol. The van der Waals surface area contributed by atoms with Crippen LogP contribution in [0.2, 0.25) is 0 Å². The first kappa shape index (κ1) is 14.0. The molecule has 0 unspecified atom stereocenters. The van der Waals surface area contributed by atoms with Gasteiger partial charge in [0.05, 0.1) is 6.61 Å². The van der Waals surface area contributed by atoms with Gasteiger partial charge in [0.15, 0.2) is 0 Å². The van der Waals surface area contributed by atoms with Crippen molar-refractivity contribution in [2.75, 3.05) is 12.5 Å². The predicted molar refractivity (Wildman–Crippen MR) is 80.7 cm³/mol. The second kappa shape index (κ2) is 6.67. The maximum atomic E-state index is 5.83. The van der Waals surface area contributed by atoms with E-state index >= 15 is 0 Å². The van der Waals surface area contributed by atoms with E-state index in [-0.39, 0.29) is 0 Å². The van der Waals surface area contributed by atoms with Gasteiger partial charge in [0, 0.05) is 24.0 Å². The van der Waals surface area contributed by atoms with Gasteiger partial charge in [0.2, 0.25) is 0 Å². The normalized spacial score (nSPS) is 10.7. The summed E-state index contributed by atoms with van der Waals surface area (Å²) < 4.78 is 7.96. The van der Waals surface area contributed by atoms with E-state index in [0.29, 0.717) is 12.5 Å². The van der Waals surface area contributed by atoms with Crippen LogP contribution in [0.5, 0.6) is 5.75 Å². The van der Waals surface area contributed by atoms with Gasteiger partial charge >= 0.3 is 0 Å². The van der Waals surface area contributed by atoms with E-state index < -0.39 is 0 Å². The van der Waals surface area contributed by atoms with Crippen LogP contribution in [0.15, 0.2) is 36.7 Å². The van der Waals surface area contributed by atoms with E-state index in [1.807, 2.05) is 12.1 Å². The predicted octanol–water partition coefficient (Wildman–Crippen LogP) is 4.36. The quantitative estimate of drug-likeness (QED) is 0.565. The molecule has 2 aromatic rings. The molecule has 1 aromatic heterocycles. The van der Waals surface area contributed by atoms with Gasteiger partial charge in [0.25, 0.3) is 0 Å².